The Morgan fingerprint density at radius 1 is 0.737 bits per heavy atom. The molecule has 38 heavy (non-hydrogen) atoms. The van der Waals surface area contributed by atoms with Crippen molar-refractivity contribution in [2.45, 2.75) is 162 Å². The standard InChI is InChI=1S/C32H62O3S2Si/c1-6-8-10-12-14-16-30(33)36-23-20-28-19-18-27(22-25-38-35-32(3,4)5)26-29(28)21-24-37-31(34)17-15-13-11-9-7-2/h27-29H,6-26,38H2,1-5H3. The molecule has 0 saturated heterocycles. The van der Waals surface area contributed by atoms with E-state index in [9.17, 15) is 9.59 Å². The number of carbonyl (C=O) groups is 2. The normalized spacial score (nSPS) is 20.4. The maximum Gasteiger partial charge on any atom is 0.188 e. The highest BCUT2D eigenvalue weighted by molar-refractivity contribution is 8.13. The molecule has 1 aliphatic rings. The van der Waals surface area contributed by atoms with E-state index in [4.69, 9.17) is 4.43 Å². The van der Waals surface area contributed by atoms with Crippen LogP contribution < -0.4 is 0 Å². The molecule has 0 aliphatic heterocycles. The largest absolute Gasteiger partial charge is 0.419 e. The highest BCUT2D eigenvalue weighted by Gasteiger charge is 2.30. The Morgan fingerprint density at radius 3 is 1.79 bits per heavy atom. The van der Waals surface area contributed by atoms with Crippen molar-refractivity contribution >= 4 is 43.5 Å². The fourth-order valence-corrected chi connectivity index (χ4v) is 9.08. The van der Waals surface area contributed by atoms with Crippen LogP contribution in [0.25, 0.3) is 0 Å². The lowest BCUT2D eigenvalue weighted by atomic mass is 9.71. The summed E-state index contributed by atoms with van der Waals surface area (Å²) in [5.41, 5.74) is 0.0107. The van der Waals surface area contributed by atoms with Gasteiger partial charge in [-0.3, -0.25) is 9.59 Å². The van der Waals surface area contributed by atoms with E-state index in [-0.39, 0.29) is 5.60 Å². The molecule has 0 spiro atoms. The van der Waals surface area contributed by atoms with Crippen LogP contribution in [0.2, 0.25) is 6.04 Å². The lowest BCUT2D eigenvalue weighted by molar-refractivity contribution is -0.111. The number of unbranched alkanes of at least 4 members (excludes halogenated alkanes) is 8. The molecule has 3 unspecified atom stereocenters. The molecule has 3 atom stereocenters. The fourth-order valence-electron chi connectivity index (χ4n) is 5.71. The summed E-state index contributed by atoms with van der Waals surface area (Å²) in [5, 5.41) is 0.798. The van der Waals surface area contributed by atoms with E-state index in [2.05, 4.69) is 34.6 Å². The van der Waals surface area contributed by atoms with E-state index >= 15 is 0 Å². The molecular weight excluding hydrogens is 525 g/mol. The summed E-state index contributed by atoms with van der Waals surface area (Å²) in [6, 6.07) is 1.28. The molecule has 1 rings (SSSR count). The van der Waals surface area contributed by atoms with Gasteiger partial charge in [-0.2, -0.15) is 0 Å². The van der Waals surface area contributed by atoms with E-state index < -0.39 is 9.76 Å². The first kappa shape index (κ1) is 36.2. The topological polar surface area (TPSA) is 43.4 Å². The van der Waals surface area contributed by atoms with Crippen LogP contribution in [0.5, 0.6) is 0 Å². The lowest BCUT2D eigenvalue weighted by Gasteiger charge is -2.36. The number of hydrogen-bond acceptors (Lipinski definition) is 5. The monoisotopic (exact) mass is 586 g/mol. The summed E-state index contributed by atoms with van der Waals surface area (Å²) >= 11 is 3.18. The fraction of sp³-hybridized carbons (Fsp3) is 0.938. The maximum absolute atomic E-state index is 12.4. The molecule has 1 fully saturated rings. The molecular formula is C32H62O3S2Si. The molecule has 224 valence electrons. The van der Waals surface area contributed by atoms with Crippen molar-refractivity contribution in [3.05, 3.63) is 0 Å². The Hall–Kier alpha value is 0.217. The molecule has 1 aliphatic carbocycles. The zero-order chi connectivity index (χ0) is 28.1. The summed E-state index contributed by atoms with van der Waals surface area (Å²) in [4.78, 5) is 24.8. The SMILES string of the molecule is CCCCCCCC(=O)SCCC1CCC(CC[SiH2]OC(C)(C)C)CC1CCSC(=O)CCCCCCC. The summed E-state index contributed by atoms with van der Waals surface area (Å²) in [6.07, 6.45) is 21.3. The van der Waals surface area contributed by atoms with Crippen molar-refractivity contribution in [2.75, 3.05) is 11.5 Å². The highest BCUT2D eigenvalue weighted by atomic mass is 32.2. The number of rotatable bonds is 22. The van der Waals surface area contributed by atoms with Crippen molar-refractivity contribution in [1.82, 2.24) is 0 Å². The highest BCUT2D eigenvalue weighted by Crippen LogP contribution is 2.41. The van der Waals surface area contributed by atoms with Crippen molar-refractivity contribution in [2.24, 2.45) is 17.8 Å². The van der Waals surface area contributed by atoms with Crippen molar-refractivity contribution in [3.8, 4) is 0 Å². The predicted octanol–water partition coefficient (Wildman–Crippen LogP) is 9.75. The van der Waals surface area contributed by atoms with Crippen LogP contribution in [0.15, 0.2) is 0 Å². The van der Waals surface area contributed by atoms with Gasteiger partial charge < -0.3 is 4.43 Å². The van der Waals surface area contributed by atoms with Crippen LogP contribution in [0.1, 0.15) is 150 Å². The average molecular weight is 587 g/mol. The molecule has 0 heterocycles. The van der Waals surface area contributed by atoms with Crippen LogP contribution in [0, 0.1) is 17.8 Å². The van der Waals surface area contributed by atoms with Gasteiger partial charge in [0, 0.05) is 29.9 Å². The number of thioether (sulfide) groups is 2. The summed E-state index contributed by atoms with van der Waals surface area (Å²) in [5.74, 6) is 4.23. The first-order valence-electron chi connectivity index (χ1n) is 16.2. The maximum atomic E-state index is 12.4. The molecule has 3 nitrogen and oxygen atoms in total. The van der Waals surface area contributed by atoms with Crippen molar-refractivity contribution in [3.63, 3.8) is 0 Å². The van der Waals surface area contributed by atoms with Gasteiger partial charge in [-0.15, -0.1) is 0 Å². The molecule has 0 aromatic carbocycles. The third-order valence-electron chi connectivity index (χ3n) is 8.01. The minimum absolute atomic E-state index is 0.0107. The van der Waals surface area contributed by atoms with Crippen molar-refractivity contribution in [1.29, 1.82) is 0 Å². The van der Waals surface area contributed by atoms with Gasteiger partial charge in [-0.1, -0.05) is 102 Å². The Morgan fingerprint density at radius 2 is 1.26 bits per heavy atom. The second-order valence-corrected chi connectivity index (χ2v) is 16.4. The van der Waals surface area contributed by atoms with Crippen LogP contribution in [0.3, 0.4) is 0 Å². The first-order valence-corrected chi connectivity index (χ1v) is 19.7. The summed E-state index contributed by atoms with van der Waals surface area (Å²) < 4.78 is 6.10. The Bertz CT molecular complexity index is 608. The zero-order valence-electron chi connectivity index (χ0n) is 25.8. The molecule has 6 heteroatoms. The minimum atomic E-state index is -0.433. The van der Waals surface area contributed by atoms with E-state index in [1.54, 1.807) is 23.5 Å². The second kappa shape index (κ2) is 22.9. The van der Waals surface area contributed by atoms with Crippen LogP contribution in [-0.2, 0) is 14.0 Å². The van der Waals surface area contributed by atoms with Gasteiger partial charge in [0.1, 0.15) is 0 Å². The van der Waals surface area contributed by atoms with E-state index in [0.717, 1.165) is 49.0 Å². The number of hydrogen-bond donors (Lipinski definition) is 0. The third-order valence-corrected chi connectivity index (χ3v) is 11.7. The summed E-state index contributed by atoms with van der Waals surface area (Å²) in [6.45, 7) is 11.0. The zero-order valence-corrected chi connectivity index (χ0v) is 28.9. The van der Waals surface area contributed by atoms with Crippen LogP contribution >= 0.6 is 23.5 Å². The summed E-state index contributed by atoms with van der Waals surface area (Å²) in [7, 11) is -0.433. The van der Waals surface area contributed by atoms with Crippen molar-refractivity contribution < 1.29 is 14.0 Å². The Balaban J connectivity index is 2.43. The van der Waals surface area contributed by atoms with Gasteiger partial charge in [-0.05, 0) is 83.1 Å². The Kier molecular flexibility index (Phi) is 21.8. The van der Waals surface area contributed by atoms with Gasteiger partial charge in [0.05, 0.1) is 0 Å². The van der Waals surface area contributed by atoms with Crippen LogP contribution in [-0.4, -0.2) is 37.1 Å². The molecule has 0 radical (unpaired) electrons. The smallest absolute Gasteiger partial charge is 0.188 e. The lowest BCUT2D eigenvalue weighted by Crippen LogP contribution is -2.27. The van der Waals surface area contributed by atoms with E-state index in [1.165, 1.54) is 95.9 Å². The average Bonchev–Trinajstić information content (AvgIpc) is 2.87. The number of carbonyl (C=O) groups excluding carboxylic acids is 2. The molecule has 0 bridgehead atoms. The molecule has 0 amide bonds. The molecule has 0 N–H and O–H groups in total. The first-order chi connectivity index (χ1) is 18.2. The van der Waals surface area contributed by atoms with Gasteiger partial charge >= 0.3 is 0 Å². The molecule has 0 aromatic heterocycles. The van der Waals surface area contributed by atoms with Gasteiger partial charge in [0.25, 0.3) is 0 Å². The van der Waals surface area contributed by atoms with Gasteiger partial charge in [0.2, 0.25) is 0 Å². The van der Waals surface area contributed by atoms with Gasteiger partial charge in [-0.25, -0.2) is 0 Å². The second-order valence-electron chi connectivity index (χ2n) is 12.6. The quantitative estimate of drug-likeness (QED) is 0.0933. The minimum Gasteiger partial charge on any atom is -0.419 e. The van der Waals surface area contributed by atoms with E-state index in [1.807, 2.05) is 0 Å². The predicted molar refractivity (Wildman–Crippen MR) is 174 cm³/mol. The molecule has 0 aromatic rings. The molecule has 1 saturated carbocycles. The van der Waals surface area contributed by atoms with Crippen LogP contribution in [0.4, 0.5) is 0 Å². The Labute approximate surface area is 247 Å². The third kappa shape index (κ3) is 20.1. The van der Waals surface area contributed by atoms with Gasteiger partial charge in [0.15, 0.2) is 20.0 Å². The van der Waals surface area contributed by atoms with E-state index in [0.29, 0.717) is 16.1 Å².